The molecule has 0 saturated carbocycles. The highest BCUT2D eigenvalue weighted by molar-refractivity contribution is 5.97. The van der Waals surface area contributed by atoms with E-state index in [1.165, 1.54) is 25.4 Å². The molecule has 0 aliphatic heterocycles. The van der Waals surface area contributed by atoms with Gasteiger partial charge in [0.15, 0.2) is 5.76 Å². The van der Waals surface area contributed by atoms with Gasteiger partial charge in [-0.05, 0) is 23.8 Å². The molecule has 0 fully saturated rings. The van der Waals surface area contributed by atoms with E-state index in [0.29, 0.717) is 5.56 Å². The molecule has 0 unspecified atom stereocenters. The van der Waals surface area contributed by atoms with Crippen LogP contribution >= 0.6 is 0 Å². The van der Waals surface area contributed by atoms with Crippen LogP contribution in [0.3, 0.4) is 0 Å². The van der Waals surface area contributed by atoms with Crippen molar-refractivity contribution in [2.45, 2.75) is 0 Å². The molecule has 0 bridgehead atoms. The van der Waals surface area contributed by atoms with Crippen LogP contribution in [0.15, 0.2) is 41.0 Å². The van der Waals surface area contributed by atoms with Crippen LogP contribution in [0, 0.1) is 5.82 Å². The van der Waals surface area contributed by atoms with Gasteiger partial charge in [-0.2, -0.15) is 0 Å². The number of hydrogen-bond donors (Lipinski definition) is 1. The van der Waals surface area contributed by atoms with Gasteiger partial charge in [0, 0.05) is 12.6 Å². The first-order valence-corrected chi connectivity index (χ1v) is 4.78. The predicted octanol–water partition coefficient (Wildman–Crippen LogP) is 2.45. The van der Waals surface area contributed by atoms with Crippen molar-refractivity contribution in [3.05, 3.63) is 48.2 Å². The average molecular weight is 219 g/mol. The number of nitrogens with one attached hydrogen (secondary N) is 1. The Bertz CT molecular complexity index is 502. The summed E-state index contributed by atoms with van der Waals surface area (Å²) in [6, 6.07) is 7.57. The molecule has 0 aliphatic carbocycles. The summed E-state index contributed by atoms with van der Waals surface area (Å²) in [6.07, 6.45) is 1.43. The second kappa shape index (κ2) is 4.18. The van der Waals surface area contributed by atoms with E-state index in [2.05, 4.69) is 5.32 Å². The molecular weight excluding hydrogens is 209 g/mol. The molecule has 1 aromatic heterocycles. The Morgan fingerprint density at radius 2 is 1.94 bits per heavy atom. The van der Waals surface area contributed by atoms with Crippen molar-refractivity contribution in [1.82, 2.24) is 5.32 Å². The number of hydrogen-bond acceptors (Lipinski definition) is 2. The first kappa shape index (κ1) is 10.4. The highest BCUT2D eigenvalue weighted by Crippen LogP contribution is 2.24. The summed E-state index contributed by atoms with van der Waals surface area (Å²) < 4.78 is 17.8. The third-order valence-corrected chi connectivity index (χ3v) is 2.25. The number of rotatable bonds is 2. The molecule has 82 valence electrons. The van der Waals surface area contributed by atoms with Crippen LogP contribution in [0.25, 0.3) is 11.1 Å². The van der Waals surface area contributed by atoms with Gasteiger partial charge in [0.1, 0.15) is 5.82 Å². The van der Waals surface area contributed by atoms with Crippen molar-refractivity contribution in [3.8, 4) is 11.1 Å². The summed E-state index contributed by atoms with van der Waals surface area (Å²) in [5, 5.41) is 2.48. The molecule has 0 aliphatic rings. The number of benzene rings is 1. The predicted molar refractivity (Wildman–Crippen MR) is 57.5 cm³/mol. The van der Waals surface area contributed by atoms with Gasteiger partial charge in [0.25, 0.3) is 5.91 Å². The third-order valence-electron chi connectivity index (χ3n) is 2.25. The molecule has 0 saturated heterocycles. The fourth-order valence-electron chi connectivity index (χ4n) is 1.46. The maximum absolute atomic E-state index is 12.8. The van der Waals surface area contributed by atoms with Crippen molar-refractivity contribution in [2.75, 3.05) is 7.05 Å². The fraction of sp³-hybridized carbons (Fsp3) is 0.0833. The Morgan fingerprint density at radius 3 is 2.56 bits per heavy atom. The van der Waals surface area contributed by atoms with E-state index in [0.717, 1.165) is 5.56 Å². The second-order valence-electron chi connectivity index (χ2n) is 3.25. The molecule has 0 radical (unpaired) electrons. The highest BCUT2D eigenvalue weighted by Gasteiger charge is 2.14. The first-order valence-electron chi connectivity index (χ1n) is 4.78. The first-order chi connectivity index (χ1) is 7.72. The summed E-state index contributed by atoms with van der Waals surface area (Å²) >= 11 is 0. The lowest BCUT2D eigenvalue weighted by molar-refractivity contribution is 0.0936. The zero-order chi connectivity index (χ0) is 11.5. The van der Waals surface area contributed by atoms with E-state index in [4.69, 9.17) is 4.42 Å². The number of furan rings is 1. The smallest absolute Gasteiger partial charge is 0.287 e. The summed E-state index contributed by atoms with van der Waals surface area (Å²) in [5.74, 6) is -0.382. The molecule has 2 aromatic rings. The second-order valence-corrected chi connectivity index (χ2v) is 3.25. The van der Waals surface area contributed by atoms with Crippen LogP contribution < -0.4 is 5.32 Å². The van der Waals surface area contributed by atoms with Gasteiger partial charge in [0.05, 0.1) is 6.26 Å². The van der Waals surface area contributed by atoms with E-state index in [1.807, 2.05) is 0 Å². The van der Waals surface area contributed by atoms with E-state index in [9.17, 15) is 9.18 Å². The Kier molecular flexibility index (Phi) is 2.72. The van der Waals surface area contributed by atoms with Gasteiger partial charge in [-0.25, -0.2) is 4.39 Å². The molecule has 4 heteroatoms. The standard InChI is InChI=1S/C12H10FNO2/c1-14-12(15)11-10(6-7-16-11)8-2-4-9(13)5-3-8/h2-7H,1H3,(H,14,15). The van der Waals surface area contributed by atoms with Crippen LogP contribution in [0.4, 0.5) is 4.39 Å². The maximum Gasteiger partial charge on any atom is 0.287 e. The lowest BCUT2D eigenvalue weighted by Gasteiger charge is -2.01. The van der Waals surface area contributed by atoms with E-state index >= 15 is 0 Å². The minimum Gasteiger partial charge on any atom is -0.459 e. The van der Waals surface area contributed by atoms with E-state index in [1.54, 1.807) is 18.2 Å². The number of halogens is 1. The van der Waals surface area contributed by atoms with Crippen molar-refractivity contribution in [3.63, 3.8) is 0 Å². The number of carbonyl (C=O) groups is 1. The molecule has 16 heavy (non-hydrogen) atoms. The minimum absolute atomic E-state index is 0.231. The molecule has 1 amide bonds. The summed E-state index contributed by atoms with van der Waals surface area (Å²) in [5.41, 5.74) is 1.40. The van der Waals surface area contributed by atoms with Crippen LogP contribution in [0.2, 0.25) is 0 Å². The summed E-state index contributed by atoms with van der Waals surface area (Å²) in [6.45, 7) is 0. The van der Waals surface area contributed by atoms with Gasteiger partial charge in [-0.15, -0.1) is 0 Å². The Balaban J connectivity index is 2.44. The quantitative estimate of drug-likeness (QED) is 0.842. The summed E-state index contributed by atoms with van der Waals surface area (Å²) in [7, 11) is 1.53. The zero-order valence-electron chi connectivity index (χ0n) is 8.66. The molecule has 1 heterocycles. The molecule has 2 rings (SSSR count). The Labute approximate surface area is 91.9 Å². The van der Waals surface area contributed by atoms with Gasteiger partial charge in [0.2, 0.25) is 0 Å². The largest absolute Gasteiger partial charge is 0.459 e. The lowest BCUT2D eigenvalue weighted by Crippen LogP contribution is -2.17. The molecular formula is C12H10FNO2. The van der Waals surface area contributed by atoms with Crippen molar-refractivity contribution in [1.29, 1.82) is 0 Å². The van der Waals surface area contributed by atoms with Crippen molar-refractivity contribution in [2.24, 2.45) is 0 Å². The Hall–Kier alpha value is -2.10. The Morgan fingerprint density at radius 1 is 1.25 bits per heavy atom. The van der Waals surface area contributed by atoms with Gasteiger partial charge >= 0.3 is 0 Å². The minimum atomic E-state index is -0.311. The van der Waals surface area contributed by atoms with Crippen molar-refractivity contribution >= 4 is 5.91 Å². The topological polar surface area (TPSA) is 42.2 Å². The van der Waals surface area contributed by atoms with Crippen LogP contribution in [0.1, 0.15) is 10.6 Å². The van der Waals surface area contributed by atoms with Gasteiger partial charge in [-0.3, -0.25) is 4.79 Å². The fourth-order valence-corrected chi connectivity index (χ4v) is 1.46. The highest BCUT2D eigenvalue weighted by atomic mass is 19.1. The van der Waals surface area contributed by atoms with E-state index in [-0.39, 0.29) is 17.5 Å². The van der Waals surface area contributed by atoms with Gasteiger partial charge in [-0.1, -0.05) is 12.1 Å². The monoisotopic (exact) mass is 219 g/mol. The molecule has 0 atom stereocenters. The maximum atomic E-state index is 12.8. The van der Waals surface area contributed by atoms with Crippen LogP contribution in [-0.2, 0) is 0 Å². The third kappa shape index (κ3) is 1.82. The average Bonchev–Trinajstić information content (AvgIpc) is 2.78. The summed E-state index contributed by atoms with van der Waals surface area (Å²) in [4.78, 5) is 11.5. The lowest BCUT2D eigenvalue weighted by atomic mass is 10.1. The number of carbonyl (C=O) groups excluding carboxylic acids is 1. The molecule has 1 aromatic carbocycles. The van der Waals surface area contributed by atoms with Crippen molar-refractivity contribution < 1.29 is 13.6 Å². The van der Waals surface area contributed by atoms with Crippen LogP contribution in [-0.4, -0.2) is 13.0 Å². The zero-order valence-corrected chi connectivity index (χ0v) is 8.66. The van der Waals surface area contributed by atoms with Crippen LogP contribution in [0.5, 0.6) is 0 Å². The molecule has 1 N–H and O–H groups in total. The van der Waals surface area contributed by atoms with E-state index < -0.39 is 0 Å². The van der Waals surface area contributed by atoms with Gasteiger partial charge < -0.3 is 9.73 Å². The number of amides is 1. The SMILES string of the molecule is CNC(=O)c1occc1-c1ccc(F)cc1. The molecule has 3 nitrogen and oxygen atoms in total. The molecule has 0 spiro atoms. The normalized spacial score (nSPS) is 10.1.